The van der Waals surface area contributed by atoms with Gasteiger partial charge < -0.3 is 4.74 Å². The van der Waals surface area contributed by atoms with Gasteiger partial charge >= 0.3 is 0 Å². The van der Waals surface area contributed by atoms with Gasteiger partial charge in [0.2, 0.25) is 0 Å². The lowest BCUT2D eigenvalue weighted by atomic mass is 10.1. The van der Waals surface area contributed by atoms with Gasteiger partial charge in [0, 0.05) is 6.42 Å². The molecule has 0 radical (unpaired) electrons. The predicted octanol–water partition coefficient (Wildman–Crippen LogP) is 3.28. The van der Waals surface area contributed by atoms with E-state index >= 15 is 0 Å². The Hall–Kier alpha value is -0.480. The fourth-order valence-corrected chi connectivity index (χ4v) is 2.31. The fourth-order valence-electron chi connectivity index (χ4n) is 2.31. The third kappa shape index (κ3) is 2.12. The normalized spacial score (nSPS) is 33.4. The zero-order chi connectivity index (χ0) is 9.86. The number of unbranched alkanes of at least 4 members (excludes halogenated alkanes) is 4. The molecule has 0 aromatic heterocycles. The molecule has 1 heteroatoms. The standard InChI is InChI=1S/C13H20O/c1-2-3-4-5-6-7-10-13-11-8-9-12(13)14-13/h12H,2-6,8-9,11H2,1H3. The Morgan fingerprint density at radius 3 is 2.93 bits per heavy atom. The van der Waals surface area contributed by atoms with Crippen LogP contribution in [0.25, 0.3) is 0 Å². The largest absolute Gasteiger partial charge is 0.352 e. The van der Waals surface area contributed by atoms with Crippen LogP contribution >= 0.6 is 0 Å². The van der Waals surface area contributed by atoms with Crippen molar-refractivity contribution in [1.82, 2.24) is 0 Å². The topological polar surface area (TPSA) is 12.5 Å². The van der Waals surface area contributed by atoms with Crippen molar-refractivity contribution < 1.29 is 4.74 Å². The average Bonchev–Trinajstić information content (AvgIpc) is 2.75. The molecule has 2 fully saturated rings. The maximum Gasteiger partial charge on any atom is 0.155 e. The second-order valence-electron chi connectivity index (χ2n) is 4.50. The molecule has 2 rings (SSSR count). The minimum Gasteiger partial charge on any atom is -0.352 e. The monoisotopic (exact) mass is 192 g/mol. The van der Waals surface area contributed by atoms with E-state index in [0.717, 1.165) is 6.42 Å². The summed E-state index contributed by atoms with van der Waals surface area (Å²) in [6.07, 6.45) is 10.6. The van der Waals surface area contributed by atoms with Gasteiger partial charge in [-0.05, 0) is 25.7 Å². The van der Waals surface area contributed by atoms with Crippen LogP contribution in [0.5, 0.6) is 0 Å². The maximum atomic E-state index is 5.59. The molecule has 1 saturated heterocycles. The van der Waals surface area contributed by atoms with E-state index in [4.69, 9.17) is 4.74 Å². The van der Waals surface area contributed by atoms with Crippen LogP contribution in [0.3, 0.4) is 0 Å². The number of hydrogen-bond acceptors (Lipinski definition) is 1. The van der Waals surface area contributed by atoms with Gasteiger partial charge in [-0.3, -0.25) is 0 Å². The zero-order valence-corrected chi connectivity index (χ0v) is 9.14. The number of rotatable bonds is 4. The predicted molar refractivity (Wildman–Crippen MR) is 58.0 cm³/mol. The summed E-state index contributed by atoms with van der Waals surface area (Å²) in [6.45, 7) is 2.24. The molecule has 78 valence electrons. The molecule has 0 N–H and O–H groups in total. The van der Waals surface area contributed by atoms with Crippen LogP contribution in [0.2, 0.25) is 0 Å². The van der Waals surface area contributed by atoms with Crippen molar-refractivity contribution in [3.05, 3.63) is 0 Å². The lowest BCUT2D eigenvalue weighted by Crippen LogP contribution is -2.04. The van der Waals surface area contributed by atoms with Crippen molar-refractivity contribution in [3.63, 3.8) is 0 Å². The van der Waals surface area contributed by atoms with Crippen LogP contribution in [-0.4, -0.2) is 11.7 Å². The minimum absolute atomic E-state index is 0.0464. The van der Waals surface area contributed by atoms with Crippen LogP contribution in [0.4, 0.5) is 0 Å². The molecule has 0 aromatic carbocycles. The smallest absolute Gasteiger partial charge is 0.155 e. The van der Waals surface area contributed by atoms with Gasteiger partial charge in [0.05, 0.1) is 6.10 Å². The molecule has 1 aliphatic carbocycles. The molecule has 1 saturated carbocycles. The third-order valence-corrected chi connectivity index (χ3v) is 3.29. The molecule has 0 bridgehead atoms. The highest BCUT2D eigenvalue weighted by Crippen LogP contribution is 2.49. The summed E-state index contributed by atoms with van der Waals surface area (Å²) < 4.78 is 5.59. The van der Waals surface area contributed by atoms with Crippen molar-refractivity contribution in [2.75, 3.05) is 0 Å². The lowest BCUT2D eigenvalue weighted by molar-refractivity contribution is 0.289. The Morgan fingerprint density at radius 2 is 2.29 bits per heavy atom. The van der Waals surface area contributed by atoms with E-state index in [0.29, 0.717) is 6.10 Å². The van der Waals surface area contributed by atoms with Gasteiger partial charge in [0.25, 0.3) is 0 Å². The van der Waals surface area contributed by atoms with E-state index < -0.39 is 0 Å². The molecule has 2 atom stereocenters. The molecule has 14 heavy (non-hydrogen) atoms. The van der Waals surface area contributed by atoms with Crippen LogP contribution in [-0.2, 0) is 4.74 Å². The van der Waals surface area contributed by atoms with Gasteiger partial charge in [-0.15, -0.1) is 5.92 Å². The van der Waals surface area contributed by atoms with E-state index in [9.17, 15) is 0 Å². The maximum absolute atomic E-state index is 5.59. The van der Waals surface area contributed by atoms with Gasteiger partial charge in [-0.25, -0.2) is 0 Å². The highest BCUT2D eigenvalue weighted by Gasteiger charge is 2.58. The minimum atomic E-state index is 0.0464. The van der Waals surface area contributed by atoms with Crippen molar-refractivity contribution in [2.45, 2.75) is 70.0 Å². The van der Waals surface area contributed by atoms with E-state index in [1.54, 1.807) is 0 Å². The quantitative estimate of drug-likeness (QED) is 0.378. The molecule has 0 amide bonds. The van der Waals surface area contributed by atoms with E-state index in [-0.39, 0.29) is 5.60 Å². The van der Waals surface area contributed by atoms with E-state index in [1.165, 1.54) is 44.9 Å². The molecule has 2 aliphatic rings. The molecule has 1 nitrogen and oxygen atoms in total. The summed E-state index contributed by atoms with van der Waals surface area (Å²) in [5.41, 5.74) is 0.0464. The highest BCUT2D eigenvalue weighted by atomic mass is 16.6. The van der Waals surface area contributed by atoms with Crippen molar-refractivity contribution in [2.24, 2.45) is 0 Å². The summed E-state index contributed by atoms with van der Waals surface area (Å²) in [5, 5.41) is 0. The summed E-state index contributed by atoms with van der Waals surface area (Å²) in [7, 11) is 0. The number of fused-ring (bicyclic) bond motifs is 1. The summed E-state index contributed by atoms with van der Waals surface area (Å²) in [4.78, 5) is 0. The van der Waals surface area contributed by atoms with E-state index in [1.807, 2.05) is 0 Å². The first-order chi connectivity index (χ1) is 6.87. The van der Waals surface area contributed by atoms with Crippen LogP contribution in [0, 0.1) is 11.8 Å². The number of ether oxygens (including phenoxy) is 1. The molecule has 0 spiro atoms. The lowest BCUT2D eigenvalue weighted by Gasteiger charge is -1.96. The Labute approximate surface area is 87.2 Å². The van der Waals surface area contributed by atoms with Gasteiger partial charge in [-0.1, -0.05) is 32.1 Å². The van der Waals surface area contributed by atoms with Crippen LogP contribution in [0.1, 0.15) is 58.3 Å². The summed E-state index contributed by atoms with van der Waals surface area (Å²) in [6, 6.07) is 0. The molecule has 0 aromatic rings. The molecular formula is C13H20O. The molecule has 1 heterocycles. The Bertz CT molecular complexity index is 248. The van der Waals surface area contributed by atoms with Gasteiger partial charge in [-0.2, -0.15) is 0 Å². The van der Waals surface area contributed by atoms with Gasteiger partial charge in [0.15, 0.2) is 5.60 Å². The number of hydrogen-bond donors (Lipinski definition) is 0. The van der Waals surface area contributed by atoms with E-state index in [2.05, 4.69) is 18.8 Å². The third-order valence-electron chi connectivity index (χ3n) is 3.29. The Balaban J connectivity index is 1.63. The SMILES string of the molecule is CCCCCCC#CC12CCCC1O2. The number of epoxide rings is 1. The first-order valence-electron chi connectivity index (χ1n) is 6.05. The van der Waals surface area contributed by atoms with Crippen molar-refractivity contribution >= 4 is 0 Å². The zero-order valence-electron chi connectivity index (χ0n) is 9.14. The fraction of sp³-hybridized carbons (Fsp3) is 0.846. The molecule has 1 aliphatic heterocycles. The van der Waals surface area contributed by atoms with Gasteiger partial charge in [0.1, 0.15) is 0 Å². The summed E-state index contributed by atoms with van der Waals surface area (Å²) >= 11 is 0. The first kappa shape index (κ1) is 10.1. The van der Waals surface area contributed by atoms with Crippen LogP contribution in [0.15, 0.2) is 0 Å². The Kier molecular flexibility index (Phi) is 3.13. The van der Waals surface area contributed by atoms with Crippen molar-refractivity contribution in [1.29, 1.82) is 0 Å². The second-order valence-corrected chi connectivity index (χ2v) is 4.50. The average molecular weight is 192 g/mol. The molecular weight excluding hydrogens is 172 g/mol. The molecule has 2 unspecified atom stereocenters. The highest BCUT2D eigenvalue weighted by molar-refractivity contribution is 5.27. The van der Waals surface area contributed by atoms with Crippen molar-refractivity contribution in [3.8, 4) is 11.8 Å². The summed E-state index contributed by atoms with van der Waals surface area (Å²) in [5.74, 6) is 6.63. The van der Waals surface area contributed by atoms with Crippen LogP contribution < -0.4 is 0 Å². The first-order valence-corrected chi connectivity index (χ1v) is 6.05. The second kappa shape index (κ2) is 4.36. The Morgan fingerprint density at radius 1 is 1.36 bits per heavy atom.